The van der Waals surface area contributed by atoms with E-state index in [1.54, 1.807) is 6.26 Å². The first-order valence-corrected chi connectivity index (χ1v) is 13.5. The molecular formula is C29H38N2O5. The number of carbonyl (C=O) groups excluding carboxylic acids is 1. The van der Waals surface area contributed by atoms with Crippen LogP contribution in [0.2, 0.25) is 0 Å². The van der Waals surface area contributed by atoms with Gasteiger partial charge in [0.15, 0.2) is 0 Å². The number of ether oxygens (including phenoxy) is 3. The Morgan fingerprint density at radius 3 is 2.75 bits per heavy atom. The molecule has 1 aromatic carbocycles. The molecule has 6 rings (SSSR count). The van der Waals surface area contributed by atoms with E-state index in [1.807, 2.05) is 6.92 Å². The van der Waals surface area contributed by atoms with Crippen LogP contribution in [0.5, 0.6) is 0 Å². The first-order chi connectivity index (χ1) is 17.5. The van der Waals surface area contributed by atoms with E-state index in [-0.39, 0.29) is 17.9 Å². The van der Waals surface area contributed by atoms with Gasteiger partial charge >= 0.3 is 0 Å². The summed E-state index contributed by atoms with van der Waals surface area (Å²) in [7, 11) is 0. The van der Waals surface area contributed by atoms with Gasteiger partial charge in [-0.05, 0) is 49.0 Å². The van der Waals surface area contributed by atoms with E-state index < -0.39 is 12.0 Å². The standard InChI is InChI=1S/C29H38N2O5/c1-18-7-22-8-20(3-4-21(22)14-36-18)5-6-30-10-24-15-35-16-25(11-30)31(24)12-28(33)29-19(2)26-17-34-13-23(26)9-27(29)32/h3-4,8,13,18,24-25,28-29,33H,5-7,9-12,14-17H2,1-2H3/t18-,24?,25?,28+,29?/m1/s1. The van der Waals surface area contributed by atoms with E-state index in [9.17, 15) is 9.90 Å². The van der Waals surface area contributed by atoms with Gasteiger partial charge in [0.2, 0.25) is 0 Å². The lowest BCUT2D eigenvalue weighted by atomic mass is 9.77. The molecule has 0 aromatic heterocycles. The van der Waals surface area contributed by atoms with Gasteiger partial charge < -0.3 is 19.3 Å². The molecule has 1 N–H and O–H groups in total. The summed E-state index contributed by atoms with van der Waals surface area (Å²) in [5, 5.41) is 11.3. The van der Waals surface area contributed by atoms with Crippen LogP contribution in [0.3, 0.4) is 0 Å². The number of ketones is 1. The van der Waals surface area contributed by atoms with Crippen molar-refractivity contribution in [3.05, 3.63) is 57.9 Å². The summed E-state index contributed by atoms with van der Waals surface area (Å²) >= 11 is 0. The molecule has 2 bridgehead atoms. The zero-order valence-electron chi connectivity index (χ0n) is 21.4. The average Bonchev–Trinajstić information content (AvgIpc) is 3.31. The van der Waals surface area contributed by atoms with Crippen LogP contribution < -0.4 is 0 Å². The Morgan fingerprint density at radius 1 is 1.14 bits per heavy atom. The normalized spacial score (nSPS) is 31.5. The van der Waals surface area contributed by atoms with Gasteiger partial charge in [0.25, 0.3) is 0 Å². The van der Waals surface area contributed by atoms with E-state index in [4.69, 9.17) is 14.2 Å². The van der Waals surface area contributed by atoms with Crippen molar-refractivity contribution in [3.8, 4) is 0 Å². The minimum atomic E-state index is -0.705. The summed E-state index contributed by atoms with van der Waals surface area (Å²) in [6, 6.07) is 7.34. The number of carbonyl (C=O) groups is 1. The largest absolute Gasteiger partial charge is 0.496 e. The molecule has 0 radical (unpaired) electrons. The number of piperazine rings is 1. The molecule has 2 fully saturated rings. The number of fused-ring (bicyclic) bond motifs is 4. The number of rotatable bonds is 6. The van der Waals surface area contributed by atoms with Crippen LogP contribution >= 0.6 is 0 Å². The maximum atomic E-state index is 12.9. The van der Waals surface area contributed by atoms with Gasteiger partial charge in [0.1, 0.15) is 12.4 Å². The highest BCUT2D eigenvalue weighted by Gasteiger charge is 2.42. The molecule has 5 atom stereocenters. The maximum Gasteiger partial charge on any atom is 0.147 e. The van der Waals surface area contributed by atoms with Crippen molar-refractivity contribution in [3.63, 3.8) is 0 Å². The second-order valence-electron chi connectivity index (χ2n) is 11.3. The van der Waals surface area contributed by atoms with E-state index in [0.29, 0.717) is 38.9 Å². The van der Waals surface area contributed by atoms with Crippen LogP contribution in [0.4, 0.5) is 0 Å². The number of aliphatic hydroxyl groups excluding tert-OH is 1. The summed E-state index contributed by atoms with van der Waals surface area (Å²) in [4.78, 5) is 17.9. The molecule has 1 aromatic rings. The first-order valence-electron chi connectivity index (χ1n) is 13.5. The lowest BCUT2D eigenvalue weighted by Crippen LogP contribution is -2.66. The Morgan fingerprint density at radius 2 is 1.94 bits per heavy atom. The third-order valence-corrected chi connectivity index (χ3v) is 8.79. The van der Waals surface area contributed by atoms with E-state index >= 15 is 0 Å². The van der Waals surface area contributed by atoms with Crippen LogP contribution in [0.1, 0.15) is 37.0 Å². The highest BCUT2D eigenvalue weighted by molar-refractivity contribution is 5.90. The monoisotopic (exact) mass is 494 g/mol. The second-order valence-corrected chi connectivity index (χ2v) is 11.3. The average molecular weight is 495 g/mol. The molecule has 194 valence electrons. The third kappa shape index (κ3) is 4.68. The Bertz CT molecular complexity index is 1070. The summed E-state index contributed by atoms with van der Waals surface area (Å²) in [5.41, 5.74) is 7.23. The molecule has 7 nitrogen and oxygen atoms in total. The van der Waals surface area contributed by atoms with Crippen molar-refractivity contribution in [1.82, 2.24) is 9.80 Å². The molecule has 7 heteroatoms. The van der Waals surface area contributed by atoms with Crippen LogP contribution in [0.25, 0.3) is 0 Å². The Hall–Kier alpha value is -2.03. The predicted octanol–water partition coefficient (Wildman–Crippen LogP) is 2.26. The quantitative estimate of drug-likeness (QED) is 0.651. The van der Waals surface area contributed by atoms with Crippen molar-refractivity contribution in [1.29, 1.82) is 0 Å². The van der Waals surface area contributed by atoms with Crippen molar-refractivity contribution in [2.24, 2.45) is 5.92 Å². The number of aliphatic hydroxyl groups is 1. The number of Topliss-reactive ketones (excluding diaryl/α,β-unsaturated/α-hetero) is 1. The summed E-state index contributed by atoms with van der Waals surface area (Å²) in [6.45, 7) is 10.1. The third-order valence-electron chi connectivity index (χ3n) is 8.79. The SMILES string of the molecule is CC1=C2COC=C2CC(=O)C1[C@@H](O)CN1C2COCC1CN(CCc1ccc3c(c1)C[C@@H](C)OC3)C2. The summed E-state index contributed by atoms with van der Waals surface area (Å²) in [6.07, 6.45) is 3.70. The van der Waals surface area contributed by atoms with Crippen molar-refractivity contribution in [2.75, 3.05) is 46.0 Å². The van der Waals surface area contributed by atoms with Gasteiger partial charge in [-0.2, -0.15) is 0 Å². The van der Waals surface area contributed by atoms with E-state index in [2.05, 4.69) is 34.9 Å². The molecule has 4 heterocycles. The van der Waals surface area contributed by atoms with Crippen LogP contribution in [-0.4, -0.2) is 91.0 Å². The van der Waals surface area contributed by atoms with E-state index in [1.165, 1.54) is 16.7 Å². The Kier molecular flexibility index (Phi) is 6.77. The number of nitrogens with zero attached hydrogens (tertiary/aromatic N) is 2. The zero-order chi connectivity index (χ0) is 24.8. The summed E-state index contributed by atoms with van der Waals surface area (Å²) in [5.74, 6) is -0.331. The maximum absolute atomic E-state index is 12.9. The fourth-order valence-electron chi connectivity index (χ4n) is 6.81. The van der Waals surface area contributed by atoms with Gasteiger partial charge in [-0.25, -0.2) is 0 Å². The van der Waals surface area contributed by atoms with Crippen molar-refractivity contribution >= 4 is 5.78 Å². The van der Waals surface area contributed by atoms with Gasteiger partial charge in [0.05, 0.1) is 44.2 Å². The number of morpholine rings is 1. The molecule has 4 aliphatic heterocycles. The van der Waals surface area contributed by atoms with Crippen LogP contribution in [0.15, 0.2) is 41.2 Å². The number of benzene rings is 1. The van der Waals surface area contributed by atoms with Crippen molar-refractivity contribution in [2.45, 2.75) is 64.0 Å². The van der Waals surface area contributed by atoms with Crippen LogP contribution in [0, 0.1) is 5.92 Å². The van der Waals surface area contributed by atoms with Gasteiger partial charge in [-0.15, -0.1) is 0 Å². The minimum Gasteiger partial charge on any atom is -0.496 e. The molecule has 1 aliphatic carbocycles. The van der Waals surface area contributed by atoms with Crippen LogP contribution in [-0.2, 0) is 38.5 Å². The second kappa shape index (κ2) is 10.0. The molecule has 2 saturated heterocycles. The number of hydrogen-bond donors (Lipinski definition) is 1. The van der Waals surface area contributed by atoms with Gasteiger partial charge in [-0.3, -0.25) is 14.6 Å². The van der Waals surface area contributed by atoms with Gasteiger partial charge in [0, 0.05) is 50.3 Å². The molecule has 5 aliphatic rings. The Labute approximate surface area is 213 Å². The fourth-order valence-corrected chi connectivity index (χ4v) is 6.81. The predicted molar refractivity (Wildman–Crippen MR) is 135 cm³/mol. The highest BCUT2D eigenvalue weighted by atomic mass is 16.5. The minimum absolute atomic E-state index is 0.103. The Balaban J connectivity index is 1.08. The molecule has 0 saturated carbocycles. The molecule has 3 unspecified atom stereocenters. The van der Waals surface area contributed by atoms with Crippen molar-refractivity contribution < 1.29 is 24.1 Å². The fraction of sp³-hybridized carbons (Fsp3) is 0.621. The van der Waals surface area contributed by atoms with Gasteiger partial charge in [-0.1, -0.05) is 23.8 Å². The molecule has 0 spiro atoms. The molecule has 0 amide bonds. The first kappa shape index (κ1) is 24.3. The smallest absolute Gasteiger partial charge is 0.147 e. The number of hydrogen-bond acceptors (Lipinski definition) is 7. The highest BCUT2D eigenvalue weighted by Crippen LogP contribution is 2.37. The summed E-state index contributed by atoms with van der Waals surface area (Å²) < 4.78 is 17.1. The molecule has 36 heavy (non-hydrogen) atoms. The van der Waals surface area contributed by atoms with E-state index in [0.717, 1.165) is 55.8 Å². The molecular weight excluding hydrogens is 456 g/mol. The lowest BCUT2D eigenvalue weighted by molar-refractivity contribution is -0.130. The zero-order valence-corrected chi connectivity index (χ0v) is 21.4. The topological polar surface area (TPSA) is 71.5 Å². The lowest BCUT2D eigenvalue weighted by Gasteiger charge is -2.50.